The fourth-order valence-electron chi connectivity index (χ4n) is 8.43. The number of allylic oxidation sites excluding steroid dienone is 1. The van der Waals surface area contributed by atoms with Gasteiger partial charge in [0, 0.05) is 22.8 Å². The summed E-state index contributed by atoms with van der Waals surface area (Å²) in [7, 11) is -2.37. The number of hydrogen-bond donors (Lipinski definition) is 3. The van der Waals surface area contributed by atoms with Gasteiger partial charge in [0.2, 0.25) is 21.8 Å². The van der Waals surface area contributed by atoms with E-state index in [9.17, 15) is 22.8 Å². The Kier molecular flexibility index (Phi) is 12.0. The van der Waals surface area contributed by atoms with Gasteiger partial charge in [0.05, 0.1) is 29.6 Å². The van der Waals surface area contributed by atoms with E-state index in [4.69, 9.17) is 19.2 Å². The number of carbonyl (C=O) groups is 4. The molecule has 0 radical (unpaired) electrons. The summed E-state index contributed by atoms with van der Waals surface area (Å²) in [5.74, 6) is -0.573. The summed E-state index contributed by atoms with van der Waals surface area (Å²) in [5.41, 5.74) is 0.430. The molecule has 5 atom stereocenters. The molecule has 3 heterocycles. The lowest BCUT2D eigenvalue weighted by Crippen LogP contribution is -2.61. The van der Waals surface area contributed by atoms with Crippen LogP contribution in [0.3, 0.4) is 0 Å². The second-order valence-corrected chi connectivity index (χ2v) is 20.8. The molecule has 7 rings (SSSR count). The monoisotopic (exact) mass is 835 g/mol. The fraction of sp³-hybridized carbons (Fsp3) is 0.659. The van der Waals surface area contributed by atoms with Crippen molar-refractivity contribution < 1.29 is 41.8 Å². The molecule has 3 saturated carbocycles. The van der Waals surface area contributed by atoms with E-state index in [-0.39, 0.29) is 25.3 Å². The topological polar surface area (TPSA) is 182 Å². The van der Waals surface area contributed by atoms with Crippen LogP contribution in [0.5, 0.6) is 11.5 Å². The average molecular weight is 836 g/mol. The van der Waals surface area contributed by atoms with Crippen molar-refractivity contribution in [2.75, 3.05) is 13.7 Å². The van der Waals surface area contributed by atoms with Crippen LogP contribution in [0.2, 0.25) is 0 Å². The molecule has 3 aliphatic carbocycles. The minimum absolute atomic E-state index is 0.0155. The summed E-state index contributed by atoms with van der Waals surface area (Å²) in [5, 5.41) is 6.76. The Morgan fingerprint density at radius 3 is 2.47 bits per heavy atom. The van der Waals surface area contributed by atoms with Gasteiger partial charge in [0.1, 0.15) is 40.8 Å². The number of benzene rings is 1. The van der Waals surface area contributed by atoms with Gasteiger partial charge in [-0.3, -0.25) is 19.1 Å². The number of carbonyl (C=O) groups excluding carboxylic acids is 4. The maximum atomic E-state index is 15.1. The summed E-state index contributed by atoms with van der Waals surface area (Å²) in [6, 6.07) is 3.76. The van der Waals surface area contributed by atoms with Gasteiger partial charge in [0.25, 0.3) is 5.91 Å². The molecular weight excluding hydrogens is 775 g/mol. The van der Waals surface area contributed by atoms with Crippen LogP contribution in [0, 0.1) is 5.92 Å². The van der Waals surface area contributed by atoms with Crippen LogP contribution < -0.4 is 24.8 Å². The molecule has 0 saturated heterocycles. The van der Waals surface area contributed by atoms with Crippen LogP contribution in [-0.4, -0.2) is 89.8 Å². The van der Waals surface area contributed by atoms with Crippen LogP contribution >= 0.6 is 0 Å². The number of sulfonamides is 1. The Labute approximate surface area is 348 Å². The molecule has 14 nitrogen and oxygen atoms in total. The first kappa shape index (κ1) is 42.7. The summed E-state index contributed by atoms with van der Waals surface area (Å²) < 4.78 is 46.0. The molecule has 0 spiro atoms. The van der Waals surface area contributed by atoms with Gasteiger partial charge in [-0.05, 0) is 123 Å². The molecule has 0 bridgehead atoms. The number of methoxy groups -OCH3 is 1. The number of ether oxygens (including phenoxy) is 3. The number of fused-ring (bicyclic) bond motifs is 5. The molecule has 322 valence electrons. The van der Waals surface area contributed by atoms with E-state index in [2.05, 4.69) is 15.4 Å². The minimum atomic E-state index is -4.00. The van der Waals surface area contributed by atoms with Gasteiger partial charge < -0.3 is 29.7 Å². The Morgan fingerprint density at radius 2 is 1.78 bits per heavy atom. The number of hydrogen-bond acceptors (Lipinski definition) is 10. The first-order valence-corrected chi connectivity index (χ1v) is 22.9. The van der Waals surface area contributed by atoms with Crippen molar-refractivity contribution in [1.29, 1.82) is 0 Å². The van der Waals surface area contributed by atoms with Crippen molar-refractivity contribution in [3.05, 3.63) is 41.6 Å². The highest BCUT2D eigenvalue weighted by Gasteiger charge is 2.63. The SMILES string of the molecule is COc1ccc2nc(C3CC3)c3c(c2c1)CCCCC1C(=O)NC2(C(=O)NS(=O)(=O)C4(C)CC4)CC2/C=C\CCCCC[C@H](NC(=O)OC(C)(C)C)C(=O)N1C[C@@H](C)O3. The standard InChI is InChI=1S/C44H61N5O9S/c1-27-26-49-35(17-13-12-15-31-32-24-30(56-6)20-21-33(32)45-36(28-18-19-28)37(31)57-27)38(50)47-44(40(52)48-59(54,55)43(5)22-23-43)25-29(44)14-10-8-7-9-11-16-34(39(49)51)46-41(53)58-42(2,3)4/h10,14,20-21,24,27-29,34-35H,7-9,11-13,15-19,22-23,25-26H2,1-6H3,(H,46,53)(H,47,50)(H,48,52)/b14-10-/t27-,29?,34+,35?,44?/m1/s1. The number of aromatic nitrogens is 1. The lowest BCUT2D eigenvalue weighted by molar-refractivity contribution is -0.144. The number of pyridine rings is 1. The highest BCUT2D eigenvalue weighted by atomic mass is 32.2. The molecule has 3 N–H and O–H groups in total. The fourth-order valence-corrected chi connectivity index (χ4v) is 9.74. The third-order valence-electron chi connectivity index (χ3n) is 12.4. The quantitative estimate of drug-likeness (QED) is 0.288. The minimum Gasteiger partial charge on any atom is -0.497 e. The van der Waals surface area contributed by atoms with Gasteiger partial charge in [-0.15, -0.1) is 0 Å². The highest BCUT2D eigenvalue weighted by molar-refractivity contribution is 7.91. The van der Waals surface area contributed by atoms with Crippen LogP contribution in [0.4, 0.5) is 4.79 Å². The van der Waals surface area contributed by atoms with Crippen LogP contribution in [0.1, 0.15) is 135 Å². The number of nitrogens with zero attached hydrogens (tertiary/aromatic N) is 2. The lowest BCUT2D eigenvalue weighted by atomic mass is 9.97. The van der Waals surface area contributed by atoms with Crippen molar-refractivity contribution in [1.82, 2.24) is 25.2 Å². The first-order valence-electron chi connectivity index (χ1n) is 21.5. The van der Waals surface area contributed by atoms with Gasteiger partial charge in [0.15, 0.2) is 0 Å². The van der Waals surface area contributed by atoms with Crippen molar-refractivity contribution >= 4 is 44.7 Å². The van der Waals surface area contributed by atoms with E-state index in [0.717, 1.165) is 47.8 Å². The van der Waals surface area contributed by atoms with Gasteiger partial charge in [-0.25, -0.2) is 18.2 Å². The van der Waals surface area contributed by atoms with Crippen molar-refractivity contribution in [2.45, 2.75) is 165 Å². The summed E-state index contributed by atoms with van der Waals surface area (Å²) in [4.78, 5) is 63.9. The summed E-state index contributed by atoms with van der Waals surface area (Å²) in [6.45, 7) is 8.71. The Bertz CT molecular complexity index is 2110. The molecule has 1 aromatic heterocycles. The first-order chi connectivity index (χ1) is 27.9. The highest BCUT2D eigenvalue weighted by Crippen LogP contribution is 2.49. The molecule has 5 aliphatic rings. The van der Waals surface area contributed by atoms with E-state index in [0.29, 0.717) is 62.9 Å². The molecule has 2 aliphatic heterocycles. The molecule has 4 amide bonds. The number of aryl methyl sites for hydroxylation is 1. The van der Waals surface area contributed by atoms with Gasteiger partial charge in [-0.2, -0.15) is 0 Å². The number of rotatable bonds is 6. The number of nitrogens with one attached hydrogen (secondary N) is 3. The van der Waals surface area contributed by atoms with Crippen molar-refractivity contribution in [3.8, 4) is 11.5 Å². The molecule has 2 aromatic rings. The van der Waals surface area contributed by atoms with E-state index in [1.54, 1.807) is 34.8 Å². The average Bonchev–Trinajstić information content (AvgIpc) is 4.06. The predicted octanol–water partition coefficient (Wildman–Crippen LogP) is 6.10. The van der Waals surface area contributed by atoms with Crippen molar-refractivity contribution in [2.24, 2.45) is 5.92 Å². The Hall–Kier alpha value is -4.40. The molecule has 1 aromatic carbocycles. The molecule has 15 heteroatoms. The van der Waals surface area contributed by atoms with E-state index in [1.165, 1.54) is 4.90 Å². The van der Waals surface area contributed by atoms with Gasteiger partial charge >= 0.3 is 6.09 Å². The van der Waals surface area contributed by atoms with E-state index < -0.39 is 73.8 Å². The lowest BCUT2D eigenvalue weighted by Gasteiger charge is -2.36. The van der Waals surface area contributed by atoms with Crippen LogP contribution in [0.15, 0.2) is 30.4 Å². The zero-order valence-corrected chi connectivity index (χ0v) is 36.2. The zero-order valence-electron chi connectivity index (χ0n) is 35.4. The predicted molar refractivity (Wildman–Crippen MR) is 222 cm³/mol. The summed E-state index contributed by atoms with van der Waals surface area (Å²) in [6.07, 6.45) is 10.9. The Morgan fingerprint density at radius 1 is 1.03 bits per heavy atom. The number of alkyl carbamates (subject to hydrolysis) is 1. The van der Waals surface area contributed by atoms with Crippen LogP contribution in [0.25, 0.3) is 10.9 Å². The second kappa shape index (κ2) is 16.6. The normalized spacial score (nSPS) is 28.3. The number of amides is 4. The van der Waals surface area contributed by atoms with Gasteiger partial charge in [-0.1, -0.05) is 31.4 Å². The van der Waals surface area contributed by atoms with Crippen LogP contribution in [-0.2, 0) is 35.6 Å². The second-order valence-electron chi connectivity index (χ2n) is 18.6. The third kappa shape index (κ3) is 9.49. The van der Waals surface area contributed by atoms with E-state index in [1.807, 2.05) is 37.3 Å². The maximum Gasteiger partial charge on any atom is 0.408 e. The maximum absolute atomic E-state index is 15.1. The largest absolute Gasteiger partial charge is 0.497 e. The third-order valence-corrected chi connectivity index (χ3v) is 14.6. The molecular formula is C44H61N5O9S. The summed E-state index contributed by atoms with van der Waals surface area (Å²) >= 11 is 0. The molecule has 3 unspecified atom stereocenters. The smallest absolute Gasteiger partial charge is 0.408 e. The van der Waals surface area contributed by atoms with Crippen molar-refractivity contribution in [3.63, 3.8) is 0 Å². The zero-order chi connectivity index (χ0) is 42.3. The Balaban J connectivity index is 1.27. The molecule has 3 fully saturated rings. The molecule has 59 heavy (non-hydrogen) atoms. The van der Waals surface area contributed by atoms with E-state index >= 15 is 4.79 Å².